The summed E-state index contributed by atoms with van der Waals surface area (Å²) in [6, 6.07) is 5.67. The van der Waals surface area contributed by atoms with E-state index in [0.29, 0.717) is 5.70 Å². The van der Waals surface area contributed by atoms with Gasteiger partial charge in [0.15, 0.2) is 0 Å². The normalized spacial score (nSPS) is 14.2. The lowest BCUT2D eigenvalue weighted by atomic mass is 9.97. The first-order valence-electron chi connectivity index (χ1n) is 7.52. The third-order valence-electron chi connectivity index (χ3n) is 4.05. The topological polar surface area (TPSA) is 44.4 Å². The molecule has 0 saturated heterocycles. The minimum Gasteiger partial charge on any atom is -0.348 e. The number of amides is 2. The lowest BCUT2D eigenvalue weighted by Gasteiger charge is -2.30. The van der Waals surface area contributed by atoms with Crippen LogP contribution in [-0.2, 0) is 6.42 Å². The van der Waals surface area contributed by atoms with Gasteiger partial charge in [-0.25, -0.2) is 4.79 Å². The van der Waals surface area contributed by atoms with E-state index in [2.05, 4.69) is 49.6 Å². The maximum absolute atomic E-state index is 12.0. The lowest BCUT2D eigenvalue weighted by Crippen LogP contribution is -2.27. The number of hydrogen-bond acceptors (Lipinski definition) is 2. The van der Waals surface area contributed by atoms with Crippen molar-refractivity contribution in [2.24, 2.45) is 0 Å². The molecular formula is C19H23N3O. The number of hydrogen-bond donors (Lipinski definition) is 2. The van der Waals surface area contributed by atoms with Crippen LogP contribution < -0.4 is 15.5 Å². The summed E-state index contributed by atoms with van der Waals surface area (Å²) in [7, 11) is 2.06. The summed E-state index contributed by atoms with van der Waals surface area (Å²) < 4.78 is 0. The molecule has 23 heavy (non-hydrogen) atoms. The summed E-state index contributed by atoms with van der Waals surface area (Å²) in [4.78, 5) is 14.2. The fraction of sp³-hybridized carbons (Fsp3) is 0.211. The largest absolute Gasteiger partial charge is 0.348 e. The molecule has 1 aliphatic heterocycles. The maximum Gasteiger partial charge on any atom is 0.323 e. The van der Waals surface area contributed by atoms with Crippen LogP contribution in [-0.4, -0.2) is 13.1 Å². The zero-order valence-electron chi connectivity index (χ0n) is 13.9. The fourth-order valence-corrected chi connectivity index (χ4v) is 2.59. The van der Waals surface area contributed by atoms with Gasteiger partial charge in [0.2, 0.25) is 0 Å². The molecule has 2 N–H and O–H groups in total. The molecule has 1 aliphatic rings. The van der Waals surface area contributed by atoms with E-state index in [4.69, 9.17) is 0 Å². The average Bonchev–Trinajstić information content (AvgIpc) is 2.52. The second-order valence-electron chi connectivity index (χ2n) is 5.59. The summed E-state index contributed by atoms with van der Waals surface area (Å²) >= 11 is 0. The summed E-state index contributed by atoms with van der Waals surface area (Å²) in [5, 5.41) is 5.57. The fourth-order valence-electron chi connectivity index (χ4n) is 2.59. The molecule has 4 nitrogen and oxygen atoms in total. The van der Waals surface area contributed by atoms with E-state index in [9.17, 15) is 4.79 Å². The smallest absolute Gasteiger partial charge is 0.323 e. The number of carbonyl (C=O) groups excluding carboxylic acids is 1. The van der Waals surface area contributed by atoms with Gasteiger partial charge in [-0.05, 0) is 61.8 Å². The van der Waals surface area contributed by atoms with Crippen molar-refractivity contribution in [3.05, 3.63) is 72.1 Å². The van der Waals surface area contributed by atoms with E-state index in [1.165, 1.54) is 22.5 Å². The molecule has 0 fully saturated rings. The van der Waals surface area contributed by atoms with Gasteiger partial charge >= 0.3 is 6.03 Å². The van der Waals surface area contributed by atoms with Crippen molar-refractivity contribution in [2.45, 2.75) is 20.3 Å². The number of carbonyl (C=O) groups is 1. The minimum absolute atomic E-state index is 0.300. The quantitative estimate of drug-likeness (QED) is 0.812. The Bertz CT molecular complexity index is 713. The average molecular weight is 309 g/mol. The first-order valence-corrected chi connectivity index (χ1v) is 7.52. The number of nitrogens with one attached hydrogen (secondary N) is 2. The Morgan fingerprint density at radius 2 is 2.04 bits per heavy atom. The van der Waals surface area contributed by atoms with Crippen LogP contribution in [0.15, 0.2) is 66.6 Å². The van der Waals surface area contributed by atoms with E-state index in [-0.39, 0.29) is 6.03 Å². The van der Waals surface area contributed by atoms with Crippen molar-refractivity contribution in [2.75, 3.05) is 17.3 Å². The Morgan fingerprint density at radius 1 is 1.30 bits per heavy atom. The number of urea groups is 1. The lowest BCUT2D eigenvalue weighted by molar-refractivity contribution is 0.254. The van der Waals surface area contributed by atoms with Gasteiger partial charge in [-0.2, -0.15) is 0 Å². The molecule has 0 unspecified atom stereocenters. The molecule has 0 aromatic heterocycles. The molecule has 4 heteroatoms. The first kappa shape index (κ1) is 16.6. The molecule has 0 aliphatic carbocycles. The molecule has 1 aromatic rings. The summed E-state index contributed by atoms with van der Waals surface area (Å²) in [5.74, 6) is 0. The van der Waals surface area contributed by atoms with Crippen LogP contribution in [0.5, 0.6) is 0 Å². The van der Waals surface area contributed by atoms with E-state index in [1.807, 2.05) is 18.2 Å². The number of rotatable bonds is 4. The highest BCUT2D eigenvalue weighted by Crippen LogP contribution is 2.33. The van der Waals surface area contributed by atoms with Crippen molar-refractivity contribution in [3.8, 4) is 0 Å². The van der Waals surface area contributed by atoms with E-state index >= 15 is 0 Å². The standard InChI is InChI=1S/C19H23N3O/c1-6-8-16(7-2)20-19(23)21-17-9-10-18-15(12-17)11-13(3)14(4)22(18)5/h6-10,12H,1-2,11H2,3-5H3,(H2,20,21,23)/b16-8+. The zero-order valence-corrected chi connectivity index (χ0v) is 13.9. The molecule has 1 heterocycles. The van der Waals surface area contributed by atoms with Crippen LogP contribution >= 0.6 is 0 Å². The molecule has 0 radical (unpaired) electrons. The minimum atomic E-state index is -0.300. The second-order valence-corrected chi connectivity index (χ2v) is 5.59. The van der Waals surface area contributed by atoms with Crippen LogP contribution in [0.2, 0.25) is 0 Å². The van der Waals surface area contributed by atoms with Crippen molar-refractivity contribution >= 4 is 17.4 Å². The van der Waals surface area contributed by atoms with Gasteiger partial charge in [0, 0.05) is 29.8 Å². The Morgan fingerprint density at radius 3 is 2.70 bits per heavy atom. The molecule has 0 atom stereocenters. The van der Waals surface area contributed by atoms with Crippen molar-refractivity contribution in [1.82, 2.24) is 5.32 Å². The van der Waals surface area contributed by atoms with Gasteiger partial charge in [-0.3, -0.25) is 0 Å². The third-order valence-corrected chi connectivity index (χ3v) is 4.05. The molecule has 0 bridgehead atoms. The Hall–Kier alpha value is -2.75. The predicted octanol–water partition coefficient (Wildman–Crippen LogP) is 4.35. The highest BCUT2D eigenvalue weighted by molar-refractivity contribution is 5.91. The van der Waals surface area contributed by atoms with Gasteiger partial charge in [0.1, 0.15) is 0 Å². The molecular weight excluding hydrogens is 286 g/mol. The number of anilines is 2. The maximum atomic E-state index is 12.0. The van der Waals surface area contributed by atoms with Gasteiger partial charge in [-0.1, -0.05) is 19.2 Å². The van der Waals surface area contributed by atoms with E-state index < -0.39 is 0 Å². The number of nitrogens with zero attached hydrogens (tertiary/aromatic N) is 1. The van der Waals surface area contributed by atoms with Gasteiger partial charge in [-0.15, -0.1) is 0 Å². The zero-order chi connectivity index (χ0) is 17.0. The molecule has 1 aromatic carbocycles. The van der Waals surface area contributed by atoms with Crippen LogP contribution in [0, 0.1) is 0 Å². The number of benzene rings is 1. The highest BCUT2D eigenvalue weighted by atomic mass is 16.2. The van der Waals surface area contributed by atoms with Crippen LogP contribution in [0.3, 0.4) is 0 Å². The number of allylic oxidation sites excluding steroid dienone is 5. The van der Waals surface area contributed by atoms with Crippen LogP contribution in [0.25, 0.3) is 0 Å². The SMILES string of the molecule is C=C/C=C(\C=C)NC(=O)Nc1ccc2c(c1)CC(C)=C(C)N2C. The van der Waals surface area contributed by atoms with Gasteiger partial charge in [0.05, 0.1) is 0 Å². The summed E-state index contributed by atoms with van der Waals surface area (Å²) in [6.07, 6.45) is 5.76. The van der Waals surface area contributed by atoms with Crippen molar-refractivity contribution in [3.63, 3.8) is 0 Å². The molecule has 120 valence electrons. The van der Waals surface area contributed by atoms with Crippen LogP contribution in [0.4, 0.5) is 16.2 Å². The Labute approximate surface area is 137 Å². The third kappa shape index (κ3) is 3.72. The van der Waals surface area contributed by atoms with Crippen LogP contribution in [0.1, 0.15) is 19.4 Å². The highest BCUT2D eigenvalue weighted by Gasteiger charge is 2.18. The van der Waals surface area contributed by atoms with Gasteiger partial charge in [0.25, 0.3) is 0 Å². The van der Waals surface area contributed by atoms with E-state index in [1.54, 1.807) is 18.2 Å². The first-order chi connectivity index (χ1) is 11.0. The molecule has 2 amide bonds. The van der Waals surface area contributed by atoms with Gasteiger partial charge < -0.3 is 15.5 Å². The second kappa shape index (κ2) is 7.01. The molecule has 2 rings (SSSR count). The van der Waals surface area contributed by atoms with Crippen molar-refractivity contribution < 1.29 is 4.79 Å². The number of fused-ring (bicyclic) bond motifs is 1. The Kier molecular flexibility index (Phi) is 5.06. The Balaban J connectivity index is 2.14. The van der Waals surface area contributed by atoms with E-state index in [0.717, 1.165) is 12.1 Å². The predicted molar refractivity (Wildman–Crippen MR) is 97.6 cm³/mol. The summed E-state index contributed by atoms with van der Waals surface area (Å²) in [6.45, 7) is 11.5. The summed E-state index contributed by atoms with van der Waals surface area (Å²) in [5.41, 5.74) is 6.37. The molecule has 0 spiro atoms. The molecule has 0 saturated carbocycles. The monoisotopic (exact) mass is 309 g/mol. The van der Waals surface area contributed by atoms with Crippen molar-refractivity contribution in [1.29, 1.82) is 0 Å².